The number of ether oxygens (including phenoxy) is 2. The average Bonchev–Trinajstić information content (AvgIpc) is 2.91. The fourth-order valence-electron chi connectivity index (χ4n) is 2.37. The van der Waals surface area contributed by atoms with Crippen LogP contribution in [0.1, 0.15) is 16.7 Å². The van der Waals surface area contributed by atoms with Crippen molar-refractivity contribution >= 4 is 37.5 Å². The van der Waals surface area contributed by atoms with Crippen LogP contribution in [-0.4, -0.2) is 6.79 Å². The number of benzene rings is 2. The molecule has 2 aromatic carbocycles. The Morgan fingerprint density at radius 1 is 1.05 bits per heavy atom. The van der Waals surface area contributed by atoms with Gasteiger partial charge in [-0.05, 0) is 70.7 Å². The molecule has 0 saturated carbocycles. The smallest absolute Gasteiger partial charge is 0.231 e. The Hall–Kier alpha value is -1.20. The molecule has 0 bridgehead atoms. The van der Waals surface area contributed by atoms with Gasteiger partial charge in [-0.2, -0.15) is 0 Å². The molecule has 0 unspecified atom stereocenters. The Labute approximate surface area is 140 Å². The summed E-state index contributed by atoms with van der Waals surface area (Å²) < 4.78 is 12.9. The molecule has 0 saturated heterocycles. The van der Waals surface area contributed by atoms with E-state index in [2.05, 4.69) is 69.2 Å². The summed E-state index contributed by atoms with van der Waals surface area (Å²) in [5.41, 5.74) is 4.71. The number of hydrogen-bond donors (Lipinski definition) is 1. The van der Waals surface area contributed by atoms with E-state index in [9.17, 15) is 0 Å². The monoisotopic (exact) mass is 411 g/mol. The topological polar surface area (TPSA) is 30.5 Å². The summed E-state index contributed by atoms with van der Waals surface area (Å²) in [6.45, 7) is 5.21. The molecule has 1 aliphatic rings. The van der Waals surface area contributed by atoms with E-state index in [-0.39, 0.29) is 6.79 Å². The van der Waals surface area contributed by atoms with E-state index in [0.29, 0.717) is 0 Å². The first-order valence-corrected chi connectivity index (χ1v) is 8.22. The zero-order valence-corrected chi connectivity index (χ0v) is 15.0. The lowest BCUT2D eigenvalue weighted by atomic mass is 10.1. The molecule has 3 nitrogen and oxygen atoms in total. The minimum Gasteiger partial charge on any atom is -0.454 e. The molecule has 0 spiro atoms. The summed E-state index contributed by atoms with van der Waals surface area (Å²) >= 11 is 7.11. The maximum Gasteiger partial charge on any atom is 0.231 e. The fraction of sp³-hybridized carbons (Fsp3) is 0.250. The average molecular weight is 413 g/mol. The molecule has 1 N–H and O–H groups in total. The van der Waals surface area contributed by atoms with Gasteiger partial charge in [-0.3, -0.25) is 0 Å². The molecule has 110 valence electrons. The second-order valence-corrected chi connectivity index (χ2v) is 6.74. The van der Waals surface area contributed by atoms with E-state index in [4.69, 9.17) is 9.47 Å². The van der Waals surface area contributed by atoms with Gasteiger partial charge in [-0.1, -0.05) is 15.9 Å². The van der Waals surface area contributed by atoms with E-state index in [1.54, 1.807) is 0 Å². The molecule has 0 fully saturated rings. The van der Waals surface area contributed by atoms with Crippen molar-refractivity contribution in [2.75, 3.05) is 12.1 Å². The van der Waals surface area contributed by atoms with Crippen molar-refractivity contribution in [2.24, 2.45) is 0 Å². The van der Waals surface area contributed by atoms with Crippen molar-refractivity contribution in [1.29, 1.82) is 0 Å². The van der Waals surface area contributed by atoms with Crippen LogP contribution in [0.15, 0.2) is 33.2 Å². The molecule has 0 aliphatic carbocycles. The standard InChI is InChI=1S/C16H15Br2NO2/c1-9-3-12(4-10(2)15(9)18)19-7-11-5-13(17)16-14(6-11)20-8-21-16/h3-6,19H,7-8H2,1-2H3. The van der Waals surface area contributed by atoms with Crippen LogP contribution in [0.4, 0.5) is 5.69 Å². The third-order valence-electron chi connectivity index (χ3n) is 3.42. The SMILES string of the molecule is Cc1cc(NCc2cc(Br)c3c(c2)OCO3)cc(C)c1Br. The number of aryl methyl sites for hydroxylation is 2. The van der Waals surface area contributed by atoms with Crippen molar-refractivity contribution < 1.29 is 9.47 Å². The summed E-state index contributed by atoms with van der Waals surface area (Å²) in [6.07, 6.45) is 0. The van der Waals surface area contributed by atoms with E-state index in [1.807, 2.05) is 6.07 Å². The molecule has 0 atom stereocenters. The first-order valence-electron chi connectivity index (χ1n) is 6.63. The van der Waals surface area contributed by atoms with E-state index < -0.39 is 0 Å². The van der Waals surface area contributed by atoms with Gasteiger partial charge < -0.3 is 14.8 Å². The Kier molecular flexibility index (Phi) is 4.13. The molecular formula is C16H15Br2NO2. The number of rotatable bonds is 3. The highest BCUT2D eigenvalue weighted by atomic mass is 79.9. The summed E-state index contributed by atoms with van der Waals surface area (Å²) in [4.78, 5) is 0. The number of halogens is 2. The maximum atomic E-state index is 5.44. The van der Waals surface area contributed by atoms with Gasteiger partial charge in [-0.15, -0.1) is 0 Å². The van der Waals surface area contributed by atoms with Crippen molar-refractivity contribution in [2.45, 2.75) is 20.4 Å². The largest absolute Gasteiger partial charge is 0.454 e. The van der Waals surface area contributed by atoms with Gasteiger partial charge in [0.2, 0.25) is 6.79 Å². The van der Waals surface area contributed by atoms with E-state index >= 15 is 0 Å². The first kappa shape index (κ1) is 14.7. The highest BCUT2D eigenvalue weighted by Gasteiger charge is 2.17. The predicted octanol–water partition coefficient (Wildman–Crippen LogP) is 5.17. The maximum absolute atomic E-state index is 5.44. The molecule has 0 radical (unpaired) electrons. The zero-order chi connectivity index (χ0) is 15.0. The van der Waals surface area contributed by atoms with Crippen molar-refractivity contribution in [3.8, 4) is 11.5 Å². The van der Waals surface area contributed by atoms with Crippen LogP contribution in [-0.2, 0) is 6.54 Å². The molecule has 1 heterocycles. The molecule has 0 amide bonds. The van der Waals surface area contributed by atoms with Crippen LogP contribution in [0.2, 0.25) is 0 Å². The fourth-order valence-corrected chi connectivity index (χ4v) is 3.21. The molecular weight excluding hydrogens is 398 g/mol. The molecule has 2 aromatic rings. The van der Waals surface area contributed by atoms with Gasteiger partial charge in [0.15, 0.2) is 11.5 Å². The van der Waals surface area contributed by atoms with Crippen LogP contribution in [0.5, 0.6) is 11.5 Å². The Bertz CT molecular complexity index is 678. The molecule has 21 heavy (non-hydrogen) atoms. The third-order valence-corrected chi connectivity index (χ3v) is 5.26. The van der Waals surface area contributed by atoms with Gasteiger partial charge >= 0.3 is 0 Å². The predicted molar refractivity (Wildman–Crippen MR) is 91.2 cm³/mol. The van der Waals surface area contributed by atoms with Crippen LogP contribution >= 0.6 is 31.9 Å². The van der Waals surface area contributed by atoms with Crippen LogP contribution in [0.3, 0.4) is 0 Å². The van der Waals surface area contributed by atoms with Crippen LogP contribution < -0.4 is 14.8 Å². The molecule has 1 aliphatic heterocycles. The number of anilines is 1. The quantitative estimate of drug-likeness (QED) is 0.754. The van der Waals surface area contributed by atoms with Gasteiger partial charge in [0, 0.05) is 16.7 Å². The second kappa shape index (κ2) is 5.89. The van der Waals surface area contributed by atoms with Gasteiger partial charge in [0.1, 0.15) is 0 Å². The van der Waals surface area contributed by atoms with Crippen molar-refractivity contribution in [3.63, 3.8) is 0 Å². The van der Waals surface area contributed by atoms with E-state index in [1.165, 1.54) is 15.6 Å². The lowest BCUT2D eigenvalue weighted by Gasteiger charge is -2.11. The Balaban J connectivity index is 1.78. The lowest BCUT2D eigenvalue weighted by Crippen LogP contribution is -2.00. The summed E-state index contributed by atoms with van der Waals surface area (Å²) in [5.74, 6) is 1.58. The molecule has 0 aromatic heterocycles. The van der Waals surface area contributed by atoms with Crippen molar-refractivity contribution in [3.05, 3.63) is 49.9 Å². The Morgan fingerprint density at radius 3 is 2.48 bits per heavy atom. The van der Waals surface area contributed by atoms with E-state index in [0.717, 1.165) is 33.8 Å². The van der Waals surface area contributed by atoms with Gasteiger partial charge in [-0.25, -0.2) is 0 Å². The highest BCUT2D eigenvalue weighted by molar-refractivity contribution is 9.10. The minimum absolute atomic E-state index is 0.288. The highest BCUT2D eigenvalue weighted by Crippen LogP contribution is 2.40. The number of fused-ring (bicyclic) bond motifs is 1. The minimum atomic E-state index is 0.288. The molecule has 3 rings (SSSR count). The normalized spacial score (nSPS) is 12.6. The first-order chi connectivity index (χ1) is 10.0. The van der Waals surface area contributed by atoms with Gasteiger partial charge in [0.05, 0.1) is 4.47 Å². The lowest BCUT2D eigenvalue weighted by molar-refractivity contribution is 0.173. The van der Waals surface area contributed by atoms with Gasteiger partial charge in [0.25, 0.3) is 0 Å². The van der Waals surface area contributed by atoms with Crippen LogP contribution in [0.25, 0.3) is 0 Å². The second-order valence-electron chi connectivity index (χ2n) is 5.09. The summed E-state index contributed by atoms with van der Waals surface area (Å²) in [7, 11) is 0. The van der Waals surface area contributed by atoms with Crippen LogP contribution in [0, 0.1) is 13.8 Å². The zero-order valence-electron chi connectivity index (χ0n) is 11.8. The van der Waals surface area contributed by atoms with Crippen molar-refractivity contribution in [1.82, 2.24) is 0 Å². The number of hydrogen-bond acceptors (Lipinski definition) is 3. The summed E-state index contributed by atoms with van der Waals surface area (Å²) in [5, 5.41) is 3.45. The number of nitrogens with one attached hydrogen (secondary N) is 1. The third kappa shape index (κ3) is 3.04. The Morgan fingerprint density at radius 2 is 1.76 bits per heavy atom. The summed E-state index contributed by atoms with van der Waals surface area (Å²) in [6, 6.07) is 8.34. The molecule has 5 heteroatoms.